The van der Waals surface area contributed by atoms with E-state index in [4.69, 9.17) is 11.6 Å². The second-order valence-corrected chi connectivity index (χ2v) is 3.75. The lowest BCUT2D eigenvalue weighted by atomic mass is 9.95. The van der Waals surface area contributed by atoms with Crippen molar-refractivity contribution in [1.29, 1.82) is 0 Å². The molecule has 0 amide bonds. The summed E-state index contributed by atoms with van der Waals surface area (Å²) in [6, 6.07) is 0.312. The third kappa shape index (κ3) is 2.86. The number of aliphatic imine (C=N–C) groups is 1. The van der Waals surface area contributed by atoms with Gasteiger partial charge in [-0.25, -0.2) is 10.8 Å². The summed E-state index contributed by atoms with van der Waals surface area (Å²) in [5.74, 6) is 6.03. The van der Waals surface area contributed by atoms with Crippen LogP contribution in [0.1, 0.15) is 13.3 Å². The number of nitrogens with two attached hydrogens (primary N) is 2. The molecule has 0 bridgehead atoms. The van der Waals surface area contributed by atoms with Crippen LogP contribution in [0.25, 0.3) is 0 Å². The second-order valence-electron chi connectivity index (χ2n) is 3.75. The van der Waals surface area contributed by atoms with Crippen LogP contribution in [0.2, 0.25) is 0 Å². The van der Waals surface area contributed by atoms with Gasteiger partial charge in [0.05, 0.1) is 6.04 Å². The first-order valence-electron chi connectivity index (χ1n) is 4.62. The van der Waals surface area contributed by atoms with Gasteiger partial charge in [-0.3, -0.25) is 5.43 Å². The molecule has 1 saturated heterocycles. The summed E-state index contributed by atoms with van der Waals surface area (Å²) in [7, 11) is 2.13. The highest BCUT2D eigenvalue weighted by Crippen LogP contribution is 2.18. The molecule has 0 aromatic carbocycles. The summed E-state index contributed by atoms with van der Waals surface area (Å²) < 4.78 is 0. The highest BCUT2D eigenvalue weighted by molar-refractivity contribution is 5.77. The minimum Gasteiger partial charge on any atom is -0.369 e. The molecule has 1 aliphatic heterocycles. The maximum atomic E-state index is 5.50. The van der Waals surface area contributed by atoms with E-state index in [0.29, 0.717) is 17.9 Å². The van der Waals surface area contributed by atoms with E-state index in [-0.39, 0.29) is 0 Å². The number of guanidine groups is 1. The number of hydrogen-bond donors (Lipinski definition) is 3. The Bertz CT molecular complexity index is 191. The van der Waals surface area contributed by atoms with E-state index >= 15 is 0 Å². The largest absolute Gasteiger partial charge is 0.369 e. The predicted octanol–water partition coefficient (Wildman–Crippen LogP) is -0.895. The number of hydrogen-bond acceptors (Lipinski definition) is 3. The Hall–Kier alpha value is -0.810. The number of nitrogens with one attached hydrogen (secondary N) is 1. The van der Waals surface area contributed by atoms with Crippen molar-refractivity contribution < 1.29 is 0 Å². The molecule has 1 aliphatic rings. The summed E-state index contributed by atoms with van der Waals surface area (Å²) in [5.41, 5.74) is 7.86. The highest BCUT2D eigenvalue weighted by atomic mass is 15.3. The average molecular weight is 185 g/mol. The van der Waals surface area contributed by atoms with Crippen LogP contribution in [0.3, 0.4) is 0 Å². The van der Waals surface area contributed by atoms with Gasteiger partial charge in [-0.05, 0) is 25.9 Å². The molecule has 76 valence electrons. The van der Waals surface area contributed by atoms with Crippen LogP contribution >= 0.6 is 0 Å². The Labute approximate surface area is 79.1 Å². The van der Waals surface area contributed by atoms with Crippen molar-refractivity contribution in [2.45, 2.75) is 19.4 Å². The van der Waals surface area contributed by atoms with Crippen molar-refractivity contribution in [2.24, 2.45) is 22.5 Å². The van der Waals surface area contributed by atoms with Crippen molar-refractivity contribution in [3.05, 3.63) is 0 Å². The fraction of sp³-hybridized carbons (Fsp3) is 0.875. The van der Waals surface area contributed by atoms with E-state index in [9.17, 15) is 0 Å². The van der Waals surface area contributed by atoms with Crippen LogP contribution in [0.4, 0.5) is 0 Å². The van der Waals surface area contributed by atoms with Crippen LogP contribution in [-0.4, -0.2) is 37.0 Å². The quantitative estimate of drug-likeness (QED) is 0.214. The Morgan fingerprint density at radius 1 is 1.62 bits per heavy atom. The van der Waals surface area contributed by atoms with Gasteiger partial charge < -0.3 is 10.6 Å². The third-order valence-corrected chi connectivity index (χ3v) is 2.52. The zero-order chi connectivity index (χ0) is 9.84. The highest BCUT2D eigenvalue weighted by Gasteiger charge is 2.23. The fourth-order valence-corrected chi connectivity index (χ4v) is 1.75. The van der Waals surface area contributed by atoms with Gasteiger partial charge in [-0.15, -0.1) is 0 Å². The zero-order valence-electron chi connectivity index (χ0n) is 8.33. The molecule has 2 atom stereocenters. The van der Waals surface area contributed by atoms with Gasteiger partial charge in [0.2, 0.25) is 5.96 Å². The van der Waals surface area contributed by atoms with Crippen molar-refractivity contribution in [3.63, 3.8) is 0 Å². The Kier molecular flexibility index (Phi) is 3.50. The minimum atomic E-state index is 0.312. The summed E-state index contributed by atoms with van der Waals surface area (Å²) >= 11 is 0. The number of rotatable bonds is 1. The van der Waals surface area contributed by atoms with Crippen LogP contribution < -0.4 is 17.0 Å². The van der Waals surface area contributed by atoms with Crippen molar-refractivity contribution >= 4 is 5.96 Å². The topological polar surface area (TPSA) is 79.7 Å². The summed E-state index contributed by atoms with van der Waals surface area (Å²) in [5, 5.41) is 0. The van der Waals surface area contributed by atoms with E-state index in [2.05, 4.69) is 29.3 Å². The van der Waals surface area contributed by atoms with E-state index in [1.54, 1.807) is 0 Å². The van der Waals surface area contributed by atoms with Crippen LogP contribution in [0.5, 0.6) is 0 Å². The summed E-state index contributed by atoms with van der Waals surface area (Å²) in [4.78, 5) is 6.61. The number of nitrogens with zero attached hydrogens (tertiary/aromatic N) is 2. The standard InChI is InChI=1S/C8H19N5/c1-6-5-13(2)4-3-7(6)11-8(9)12-10/h6-7H,3-5,10H2,1-2H3,(H3,9,11,12). The Morgan fingerprint density at radius 3 is 2.85 bits per heavy atom. The molecular formula is C8H19N5. The van der Waals surface area contributed by atoms with E-state index in [1.807, 2.05) is 0 Å². The van der Waals surface area contributed by atoms with E-state index in [0.717, 1.165) is 19.5 Å². The molecule has 1 rings (SSSR count). The molecule has 0 spiro atoms. The maximum Gasteiger partial charge on any atom is 0.203 e. The molecule has 2 unspecified atom stereocenters. The molecule has 0 aliphatic carbocycles. The van der Waals surface area contributed by atoms with E-state index < -0.39 is 0 Å². The molecule has 0 aromatic rings. The molecule has 1 heterocycles. The monoisotopic (exact) mass is 185 g/mol. The summed E-state index contributed by atoms with van der Waals surface area (Å²) in [6.45, 7) is 4.34. The number of hydrazine groups is 1. The van der Waals surface area contributed by atoms with Gasteiger partial charge in [-0.1, -0.05) is 6.92 Å². The van der Waals surface area contributed by atoms with Crippen LogP contribution in [-0.2, 0) is 0 Å². The maximum absolute atomic E-state index is 5.50. The molecule has 5 heteroatoms. The van der Waals surface area contributed by atoms with Gasteiger partial charge in [-0.2, -0.15) is 0 Å². The first-order chi connectivity index (χ1) is 6.13. The lowest BCUT2D eigenvalue weighted by molar-refractivity contribution is 0.198. The van der Waals surface area contributed by atoms with E-state index in [1.165, 1.54) is 0 Å². The van der Waals surface area contributed by atoms with Gasteiger partial charge in [0.25, 0.3) is 0 Å². The molecule has 0 saturated carbocycles. The normalized spacial score (nSPS) is 31.8. The van der Waals surface area contributed by atoms with Crippen LogP contribution in [0, 0.1) is 5.92 Å². The van der Waals surface area contributed by atoms with Gasteiger partial charge in [0.1, 0.15) is 0 Å². The fourth-order valence-electron chi connectivity index (χ4n) is 1.75. The molecule has 0 radical (unpaired) electrons. The Balaban J connectivity index is 2.51. The lowest BCUT2D eigenvalue weighted by Gasteiger charge is -2.32. The molecule has 1 fully saturated rings. The zero-order valence-corrected chi connectivity index (χ0v) is 8.33. The van der Waals surface area contributed by atoms with Gasteiger partial charge in [0, 0.05) is 6.54 Å². The SMILES string of the molecule is CC1CN(C)CCC1N=C(N)NN. The molecule has 0 aromatic heterocycles. The average Bonchev–Trinajstić information content (AvgIpc) is 2.09. The molecule has 5 N–H and O–H groups in total. The van der Waals surface area contributed by atoms with Gasteiger partial charge in [0.15, 0.2) is 0 Å². The predicted molar refractivity (Wildman–Crippen MR) is 54.0 cm³/mol. The van der Waals surface area contributed by atoms with Crippen molar-refractivity contribution in [2.75, 3.05) is 20.1 Å². The van der Waals surface area contributed by atoms with Crippen molar-refractivity contribution in [1.82, 2.24) is 10.3 Å². The molecule has 5 nitrogen and oxygen atoms in total. The molecular weight excluding hydrogens is 166 g/mol. The smallest absolute Gasteiger partial charge is 0.203 e. The lowest BCUT2D eigenvalue weighted by Crippen LogP contribution is -2.43. The minimum absolute atomic E-state index is 0.312. The first-order valence-corrected chi connectivity index (χ1v) is 4.62. The Morgan fingerprint density at radius 2 is 2.31 bits per heavy atom. The van der Waals surface area contributed by atoms with Crippen LogP contribution in [0.15, 0.2) is 4.99 Å². The third-order valence-electron chi connectivity index (χ3n) is 2.52. The first kappa shape index (κ1) is 10.3. The summed E-state index contributed by atoms with van der Waals surface area (Å²) in [6.07, 6.45) is 1.06. The van der Waals surface area contributed by atoms with Crippen molar-refractivity contribution in [3.8, 4) is 0 Å². The number of likely N-dealkylation sites (tertiary alicyclic amines) is 1. The van der Waals surface area contributed by atoms with Gasteiger partial charge >= 0.3 is 0 Å². The molecule has 13 heavy (non-hydrogen) atoms. The second kappa shape index (κ2) is 4.43. The number of piperidine rings is 1.